The predicted octanol–water partition coefficient (Wildman–Crippen LogP) is 2.70. The third kappa shape index (κ3) is 4.50. The van der Waals surface area contributed by atoms with Crippen LogP contribution in [0.3, 0.4) is 0 Å². The van der Waals surface area contributed by atoms with Crippen LogP contribution < -0.4 is 10.1 Å². The van der Waals surface area contributed by atoms with Crippen LogP contribution >= 0.6 is 0 Å². The maximum Gasteiger partial charge on any atom is 0.119 e. The zero-order chi connectivity index (χ0) is 14.2. The van der Waals surface area contributed by atoms with E-state index in [4.69, 9.17) is 4.74 Å². The molecule has 3 nitrogen and oxygen atoms in total. The fourth-order valence-electron chi connectivity index (χ4n) is 2.83. The highest BCUT2D eigenvalue weighted by Crippen LogP contribution is 2.18. The van der Waals surface area contributed by atoms with Gasteiger partial charge >= 0.3 is 0 Å². The molecule has 3 heteroatoms. The zero-order valence-corrected chi connectivity index (χ0v) is 12.9. The number of hydrogen-bond donors (Lipinski definition) is 1. The highest BCUT2D eigenvalue weighted by molar-refractivity contribution is 5.29. The number of nitrogens with zero attached hydrogens (tertiary/aromatic N) is 1. The Morgan fingerprint density at radius 1 is 1.25 bits per heavy atom. The van der Waals surface area contributed by atoms with Crippen molar-refractivity contribution in [2.45, 2.75) is 39.2 Å². The Morgan fingerprint density at radius 2 is 2.05 bits per heavy atom. The molecule has 0 aliphatic carbocycles. The second kappa shape index (κ2) is 8.28. The fourth-order valence-corrected chi connectivity index (χ4v) is 2.83. The van der Waals surface area contributed by atoms with Gasteiger partial charge in [0, 0.05) is 32.2 Å². The van der Waals surface area contributed by atoms with E-state index >= 15 is 0 Å². The fraction of sp³-hybridized carbons (Fsp3) is 0.647. The summed E-state index contributed by atoms with van der Waals surface area (Å²) in [5, 5.41) is 3.43. The van der Waals surface area contributed by atoms with Crippen molar-refractivity contribution in [2.75, 3.05) is 32.8 Å². The number of hydrogen-bond acceptors (Lipinski definition) is 3. The highest BCUT2D eigenvalue weighted by Gasteiger charge is 2.19. The van der Waals surface area contributed by atoms with Crippen LogP contribution in [0.4, 0.5) is 0 Å². The van der Waals surface area contributed by atoms with E-state index < -0.39 is 0 Å². The second-order valence-electron chi connectivity index (χ2n) is 5.55. The maximum absolute atomic E-state index is 5.73. The molecule has 1 aromatic carbocycles. The van der Waals surface area contributed by atoms with Gasteiger partial charge in [-0.15, -0.1) is 0 Å². The summed E-state index contributed by atoms with van der Waals surface area (Å²) in [5.41, 5.74) is 1.39. The van der Waals surface area contributed by atoms with Crippen LogP contribution in [0, 0.1) is 0 Å². The maximum atomic E-state index is 5.73. The van der Waals surface area contributed by atoms with Gasteiger partial charge in [0.05, 0.1) is 6.61 Å². The summed E-state index contributed by atoms with van der Waals surface area (Å²) >= 11 is 0. The number of rotatable bonds is 7. The Kier molecular flexibility index (Phi) is 6.34. The molecule has 1 aromatic rings. The second-order valence-corrected chi connectivity index (χ2v) is 5.55. The summed E-state index contributed by atoms with van der Waals surface area (Å²) in [4.78, 5) is 2.62. The van der Waals surface area contributed by atoms with Gasteiger partial charge in [-0.2, -0.15) is 0 Å². The third-order valence-corrected chi connectivity index (χ3v) is 3.98. The molecule has 1 atom stereocenters. The van der Waals surface area contributed by atoms with Crippen molar-refractivity contribution in [1.29, 1.82) is 0 Å². The van der Waals surface area contributed by atoms with Gasteiger partial charge in [-0.25, -0.2) is 0 Å². The first-order chi connectivity index (χ1) is 9.83. The molecule has 0 amide bonds. The third-order valence-electron chi connectivity index (χ3n) is 3.98. The van der Waals surface area contributed by atoms with Crippen LogP contribution in [0.2, 0.25) is 0 Å². The summed E-state index contributed by atoms with van der Waals surface area (Å²) < 4.78 is 5.73. The molecule has 112 valence electrons. The van der Waals surface area contributed by atoms with E-state index in [2.05, 4.69) is 48.3 Å². The summed E-state index contributed by atoms with van der Waals surface area (Å²) in [6.07, 6.45) is 3.39. The smallest absolute Gasteiger partial charge is 0.119 e. The minimum Gasteiger partial charge on any atom is -0.494 e. The lowest BCUT2D eigenvalue weighted by Gasteiger charge is -2.34. The average Bonchev–Trinajstić information content (AvgIpc) is 2.52. The topological polar surface area (TPSA) is 24.5 Å². The zero-order valence-electron chi connectivity index (χ0n) is 12.9. The molecule has 2 rings (SSSR count). The van der Waals surface area contributed by atoms with E-state index in [0.29, 0.717) is 6.04 Å². The van der Waals surface area contributed by atoms with Gasteiger partial charge in [-0.05, 0) is 37.0 Å². The Balaban J connectivity index is 1.95. The van der Waals surface area contributed by atoms with Gasteiger partial charge in [-0.3, -0.25) is 4.90 Å². The molecule has 0 aromatic heterocycles. The monoisotopic (exact) mass is 276 g/mol. The summed E-state index contributed by atoms with van der Waals surface area (Å²) in [5.74, 6) is 1.01. The highest BCUT2D eigenvalue weighted by atomic mass is 16.5. The lowest BCUT2D eigenvalue weighted by molar-refractivity contribution is 0.167. The van der Waals surface area contributed by atoms with Crippen molar-refractivity contribution in [1.82, 2.24) is 10.2 Å². The van der Waals surface area contributed by atoms with E-state index in [1.54, 1.807) is 0 Å². The van der Waals surface area contributed by atoms with Crippen LogP contribution in [0.25, 0.3) is 0 Å². The van der Waals surface area contributed by atoms with E-state index in [1.165, 1.54) is 25.1 Å². The van der Waals surface area contributed by atoms with Crippen molar-refractivity contribution < 1.29 is 4.74 Å². The first-order valence-corrected chi connectivity index (χ1v) is 8.00. The molecule has 1 aliphatic rings. The van der Waals surface area contributed by atoms with Crippen molar-refractivity contribution in [3.63, 3.8) is 0 Å². The normalized spacial score (nSPS) is 17.9. The van der Waals surface area contributed by atoms with Crippen LogP contribution in [0.1, 0.15) is 32.3 Å². The van der Waals surface area contributed by atoms with Gasteiger partial charge in [0.2, 0.25) is 0 Å². The summed E-state index contributed by atoms with van der Waals surface area (Å²) in [7, 11) is 0. The number of nitrogens with one attached hydrogen (secondary N) is 1. The molecule has 1 N–H and O–H groups in total. The summed E-state index contributed by atoms with van der Waals surface area (Å²) in [6.45, 7) is 9.82. The minimum absolute atomic E-state index is 0.651. The quantitative estimate of drug-likeness (QED) is 0.828. The van der Waals surface area contributed by atoms with Crippen LogP contribution in [-0.2, 0) is 6.42 Å². The van der Waals surface area contributed by atoms with Crippen molar-refractivity contribution in [2.24, 2.45) is 0 Å². The van der Waals surface area contributed by atoms with E-state index in [0.717, 1.165) is 38.3 Å². The molecule has 20 heavy (non-hydrogen) atoms. The van der Waals surface area contributed by atoms with Crippen molar-refractivity contribution in [3.05, 3.63) is 29.8 Å². The molecular weight excluding hydrogens is 248 g/mol. The predicted molar refractivity (Wildman–Crippen MR) is 84.5 cm³/mol. The average molecular weight is 276 g/mol. The van der Waals surface area contributed by atoms with Gasteiger partial charge in [-0.1, -0.05) is 26.0 Å². The Labute approximate surface area is 123 Å². The van der Waals surface area contributed by atoms with Gasteiger partial charge in [0.25, 0.3) is 0 Å². The molecule has 1 saturated heterocycles. The molecule has 0 radical (unpaired) electrons. The van der Waals surface area contributed by atoms with E-state index in [1.807, 2.05) is 0 Å². The lowest BCUT2D eigenvalue weighted by atomic mass is 10.0. The number of ether oxygens (including phenoxy) is 1. The van der Waals surface area contributed by atoms with Gasteiger partial charge in [0.15, 0.2) is 0 Å². The standard InChI is InChI=1S/C17H28N2O/c1-3-12-20-17-7-5-6-15(14-17)13-16(4-2)19-10-8-18-9-11-19/h5-7,14,16,18H,3-4,8-13H2,1-2H3. The van der Waals surface area contributed by atoms with Gasteiger partial charge in [0.1, 0.15) is 5.75 Å². The molecule has 0 saturated carbocycles. The van der Waals surface area contributed by atoms with E-state index in [-0.39, 0.29) is 0 Å². The van der Waals surface area contributed by atoms with Gasteiger partial charge < -0.3 is 10.1 Å². The molecular formula is C17H28N2O. The first kappa shape index (κ1) is 15.3. The number of piperazine rings is 1. The molecule has 1 fully saturated rings. The Bertz CT molecular complexity index is 388. The van der Waals surface area contributed by atoms with Crippen molar-refractivity contribution >= 4 is 0 Å². The minimum atomic E-state index is 0.651. The largest absolute Gasteiger partial charge is 0.494 e. The molecule has 0 spiro atoms. The van der Waals surface area contributed by atoms with Crippen molar-refractivity contribution in [3.8, 4) is 5.75 Å². The van der Waals surface area contributed by atoms with Crippen LogP contribution in [0.5, 0.6) is 5.75 Å². The molecule has 1 heterocycles. The lowest BCUT2D eigenvalue weighted by Crippen LogP contribution is -2.48. The molecule has 0 bridgehead atoms. The summed E-state index contributed by atoms with van der Waals surface area (Å²) in [6, 6.07) is 9.26. The van der Waals surface area contributed by atoms with Crippen LogP contribution in [0.15, 0.2) is 24.3 Å². The Hall–Kier alpha value is -1.06. The van der Waals surface area contributed by atoms with E-state index in [9.17, 15) is 0 Å². The first-order valence-electron chi connectivity index (χ1n) is 8.00. The van der Waals surface area contributed by atoms with Crippen LogP contribution in [-0.4, -0.2) is 43.7 Å². The number of benzene rings is 1. The molecule has 1 aliphatic heterocycles. The Morgan fingerprint density at radius 3 is 2.75 bits per heavy atom. The molecule has 1 unspecified atom stereocenters. The SMILES string of the molecule is CCCOc1cccc(CC(CC)N2CCNCC2)c1.